The summed E-state index contributed by atoms with van der Waals surface area (Å²) >= 11 is 1.69. The van der Waals surface area contributed by atoms with E-state index in [9.17, 15) is 10.1 Å². The number of hydrazine groups is 1. The van der Waals surface area contributed by atoms with Gasteiger partial charge in [-0.05, 0) is 48.7 Å². The maximum absolute atomic E-state index is 10.8. The summed E-state index contributed by atoms with van der Waals surface area (Å²) in [6.07, 6.45) is 0. The molecule has 5 nitrogen and oxygen atoms in total. The minimum Gasteiger partial charge on any atom is -0.318 e. The molecule has 2 rings (SSSR count). The Morgan fingerprint density at radius 2 is 1.95 bits per heavy atom. The lowest BCUT2D eigenvalue weighted by atomic mass is 10.1. The van der Waals surface area contributed by atoms with Crippen LogP contribution in [0.3, 0.4) is 0 Å². The van der Waals surface area contributed by atoms with E-state index in [0.29, 0.717) is 5.69 Å². The molecular weight excluding hydrogens is 286 g/mol. The van der Waals surface area contributed by atoms with Gasteiger partial charge in [0.2, 0.25) is 0 Å². The Kier molecular flexibility index (Phi) is 4.82. The molecule has 0 fully saturated rings. The van der Waals surface area contributed by atoms with Crippen molar-refractivity contribution < 1.29 is 4.92 Å². The summed E-state index contributed by atoms with van der Waals surface area (Å²) in [5.41, 5.74) is 6.20. The highest BCUT2D eigenvalue weighted by Gasteiger charge is 2.13. The molecule has 0 aliphatic rings. The van der Waals surface area contributed by atoms with Crippen molar-refractivity contribution >= 4 is 23.1 Å². The van der Waals surface area contributed by atoms with Gasteiger partial charge in [-0.25, -0.2) is 0 Å². The van der Waals surface area contributed by atoms with E-state index >= 15 is 0 Å². The molecule has 0 aliphatic heterocycles. The minimum absolute atomic E-state index is 0.0163. The van der Waals surface area contributed by atoms with Crippen LogP contribution in [0, 0.1) is 24.0 Å². The van der Waals surface area contributed by atoms with Crippen LogP contribution in [0.1, 0.15) is 16.7 Å². The maximum atomic E-state index is 10.8. The molecule has 3 N–H and O–H groups in total. The minimum atomic E-state index is -0.449. The molecule has 0 amide bonds. The van der Waals surface area contributed by atoms with E-state index in [1.807, 2.05) is 0 Å². The Bertz CT molecular complexity index is 674. The van der Waals surface area contributed by atoms with Gasteiger partial charge in [-0.1, -0.05) is 12.1 Å². The largest absolute Gasteiger partial charge is 0.318 e. The smallest absolute Gasteiger partial charge is 0.293 e. The first-order valence-electron chi connectivity index (χ1n) is 6.45. The molecule has 110 valence electrons. The van der Waals surface area contributed by atoms with Crippen molar-refractivity contribution in [1.29, 1.82) is 0 Å². The Balaban J connectivity index is 2.13. The van der Waals surface area contributed by atoms with Crippen LogP contribution in [0.4, 0.5) is 11.4 Å². The lowest BCUT2D eigenvalue weighted by Crippen LogP contribution is -2.09. The second-order valence-corrected chi connectivity index (χ2v) is 5.84. The van der Waals surface area contributed by atoms with E-state index < -0.39 is 4.92 Å². The summed E-state index contributed by atoms with van der Waals surface area (Å²) < 4.78 is 0. The number of hydrogen-bond acceptors (Lipinski definition) is 5. The first-order valence-corrected chi connectivity index (χ1v) is 7.44. The van der Waals surface area contributed by atoms with Crippen molar-refractivity contribution in [3.8, 4) is 0 Å². The van der Waals surface area contributed by atoms with E-state index in [0.717, 1.165) is 11.3 Å². The van der Waals surface area contributed by atoms with E-state index in [2.05, 4.69) is 37.5 Å². The normalized spacial score (nSPS) is 10.4. The molecule has 0 radical (unpaired) electrons. The van der Waals surface area contributed by atoms with Crippen molar-refractivity contribution in [2.45, 2.75) is 24.5 Å². The van der Waals surface area contributed by atoms with Crippen molar-refractivity contribution in [3.63, 3.8) is 0 Å². The number of nitrogens with two attached hydrogens (primary N) is 1. The maximum Gasteiger partial charge on any atom is 0.293 e. The van der Waals surface area contributed by atoms with Gasteiger partial charge >= 0.3 is 0 Å². The average Bonchev–Trinajstić information content (AvgIpc) is 2.48. The highest BCUT2D eigenvalue weighted by Crippen LogP contribution is 2.29. The van der Waals surface area contributed by atoms with E-state index in [1.54, 1.807) is 23.9 Å². The number of nitrogens with one attached hydrogen (secondary N) is 1. The molecule has 0 heterocycles. The molecule has 0 aliphatic carbocycles. The second kappa shape index (κ2) is 6.60. The summed E-state index contributed by atoms with van der Waals surface area (Å²) in [7, 11) is 0. The number of rotatable bonds is 5. The molecule has 0 bridgehead atoms. The molecule has 0 saturated carbocycles. The summed E-state index contributed by atoms with van der Waals surface area (Å²) in [6, 6.07) is 11.3. The quantitative estimate of drug-likeness (QED) is 0.380. The zero-order valence-electron chi connectivity index (χ0n) is 11.9. The molecule has 0 atom stereocenters. The first-order chi connectivity index (χ1) is 10.0. The van der Waals surface area contributed by atoms with Gasteiger partial charge in [-0.2, -0.15) is 0 Å². The highest BCUT2D eigenvalue weighted by atomic mass is 32.2. The standard InChI is InChI=1S/C15H17N3O2S/c1-10-3-5-13(7-11(10)2)21-9-12-4-6-15(18(19)20)14(8-12)17-16/h3-8,17H,9,16H2,1-2H3. The van der Waals surface area contributed by atoms with Crippen LogP contribution in [-0.2, 0) is 5.75 Å². The SMILES string of the molecule is Cc1ccc(SCc2ccc([N+](=O)[O-])c(NN)c2)cc1C. The van der Waals surface area contributed by atoms with Gasteiger partial charge in [-0.3, -0.25) is 16.0 Å². The van der Waals surface area contributed by atoms with E-state index in [4.69, 9.17) is 5.84 Å². The summed E-state index contributed by atoms with van der Waals surface area (Å²) in [6.45, 7) is 4.17. The Morgan fingerprint density at radius 1 is 1.19 bits per heavy atom. The molecular formula is C15H17N3O2S. The Hall–Kier alpha value is -2.05. The number of nitrogens with zero attached hydrogens (tertiary/aromatic N) is 1. The molecule has 0 saturated heterocycles. The van der Waals surface area contributed by atoms with E-state index in [1.165, 1.54) is 22.1 Å². The van der Waals surface area contributed by atoms with Gasteiger partial charge in [0.1, 0.15) is 5.69 Å². The molecule has 0 aromatic heterocycles. The van der Waals surface area contributed by atoms with Crippen LogP contribution in [0.2, 0.25) is 0 Å². The Morgan fingerprint density at radius 3 is 2.57 bits per heavy atom. The fourth-order valence-electron chi connectivity index (χ4n) is 1.92. The van der Waals surface area contributed by atoms with Crippen molar-refractivity contribution in [2.75, 3.05) is 5.43 Å². The third-order valence-corrected chi connectivity index (χ3v) is 4.36. The monoisotopic (exact) mass is 303 g/mol. The van der Waals surface area contributed by atoms with Crippen molar-refractivity contribution in [2.24, 2.45) is 5.84 Å². The second-order valence-electron chi connectivity index (χ2n) is 4.79. The number of thioether (sulfide) groups is 1. The molecule has 21 heavy (non-hydrogen) atoms. The lowest BCUT2D eigenvalue weighted by Gasteiger charge is -2.07. The zero-order valence-corrected chi connectivity index (χ0v) is 12.7. The first kappa shape index (κ1) is 15.3. The molecule has 0 unspecified atom stereocenters. The van der Waals surface area contributed by atoms with Crippen LogP contribution in [0.5, 0.6) is 0 Å². The van der Waals surface area contributed by atoms with Gasteiger partial charge in [0.25, 0.3) is 5.69 Å². The predicted octanol–water partition coefficient (Wildman–Crippen LogP) is 3.79. The van der Waals surface area contributed by atoms with Crippen LogP contribution < -0.4 is 11.3 Å². The average molecular weight is 303 g/mol. The number of nitro groups is 1. The van der Waals surface area contributed by atoms with E-state index in [-0.39, 0.29) is 5.69 Å². The number of anilines is 1. The topological polar surface area (TPSA) is 81.2 Å². The summed E-state index contributed by atoms with van der Waals surface area (Å²) in [4.78, 5) is 11.6. The number of nitrogen functional groups attached to an aromatic ring is 1. The highest BCUT2D eigenvalue weighted by molar-refractivity contribution is 7.98. The predicted molar refractivity (Wildman–Crippen MR) is 86.4 cm³/mol. The zero-order chi connectivity index (χ0) is 15.4. The molecule has 2 aromatic rings. The third kappa shape index (κ3) is 3.74. The van der Waals surface area contributed by atoms with Gasteiger partial charge in [-0.15, -0.1) is 11.8 Å². The van der Waals surface area contributed by atoms with Crippen molar-refractivity contribution in [3.05, 3.63) is 63.2 Å². The number of benzene rings is 2. The molecule has 6 heteroatoms. The van der Waals surface area contributed by atoms with Crippen molar-refractivity contribution in [1.82, 2.24) is 0 Å². The number of nitro benzene ring substituents is 1. The number of aryl methyl sites for hydroxylation is 2. The fraction of sp³-hybridized carbons (Fsp3) is 0.200. The van der Waals surface area contributed by atoms with Crippen LogP contribution in [0.15, 0.2) is 41.3 Å². The summed E-state index contributed by atoms with van der Waals surface area (Å²) in [5, 5.41) is 10.8. The van der Waals surface area contributed by atoms with Gasteiger partial charge in [0.05, 0.1) is 4.92 Å². The van der Waals surface area contributed by atoms with Crippen LogP contribution in [0.25, 0.3) is 0 Å². The molecule has 0 spiro atoms. The summed E-state index contributed by atoms with van der Waals surface area (Å²) in [5.74, 6) is 6.07. The Labute approximate surface area is 127 Å². The van der Waals surface area contributed by atoms with Gasteiger partial charge in [0.15, 0.2) is 0 Å². The van der Waals surface area contributed by atoms with Gasteiger partial charge < -0.3 is 5.43 Å². The fourth-order valence-corrected chi connectivity index (χ4v) is 2.86. The molecule has 2 aromatic carbocycles. The lowest BCUT2D eigenvalue weighted by molar-refractivity contribution is -0.384. The van der Waals surface area contributed by atoms with Crippen LogP contribution >= 0.6 is 11.8 Å². The van der Waals surface area contributed by atoms with Crippen LogP contribution in [-0.4, -0.2) is 4.92 Å². The van der Waals surface area contributed by atoms with Gasteiger partial charge in [0, 0.05) is 16.7 Å². The number of hydrogen-bond donors (Lipinski definition) is 2. The third-order valence-electron chi connectivity index (χ3n) is 3.30.